The molecule has 1 aromatic rings. The Morgan fingerprint density at radius 3 is 2.74 bits per heavy atom. The van der Waals surface area contributed by atoms with Gasteiger partial charge in [-0.25, -0.2) is 0 Å². The van der Waals surface area contributed by atoms with Gasteiger partial charge in [-0.1, -0.05) is 24.6 Å². The molecule has 4 rings (SSSR count). The number of rotatable bonds is 8. The molecule has 2 bridgehead atoms. The van der Waals surface area contributed by atoms with Gasteiger partial charge in [-0.3, -0.25) is 19.3 Å². The summed E-state index contributed by atoms with van der Waals surface area (Å²) in [5.74, 6) is 0.542. The Kier molecular flexibility index (Phi) is 6.32. The van der Waals surface area contributed by atoms with Crippen LogP contribution in [0.3, 0.4) is 0 Å². The lowest BCUT2D eigenvalue weighted by Crippen LogP contribution is -2.45. The molecular formula is C24H32N2O5. The van der Waals surface area contributed by atoms with E-state index in [1.165, 1.54) is 11.3 Å². The summed E-state index contributed by atoms with van der Waals surface area (Å²) in [6, 6.07) is 7.54. The van der Waals surface area contributed by atoms with Gasteiger partial charge in [0.1, 0.15) is 5.75 Å². The fourth-order valence-electron chi connectivity index (χ4n) is 5.68. The minimum atomic E-state index is -1.22. The number of methoxy groups -OCH3 is 2. The van der Waals surface area contributed by atoms with Crippen molar-refractivity contribution in [1.82, 2.24) is 9.80 Å². The van der Waals surface area contributed by atoms with E-state index in [-0.39, 0.29) is 36.6 Å². The van der Waals surface area contributed by atoms with Crippen LogP contribution in [0.15, 0.2) is 24.3 Å². The topological polar surface area (TPSA) is 76.2 Å². The van der Waals surface area contributed by atoms with Crippen LogP contribution in [0, 0.1) is 5.92 Å². The maximum Gasteiger partial charge on any atom is 0.241 e. The predicted molar refractivity (Wildman–Crippen MR) is 115 cm³/mol. The summed E-state index contributed by atoms with van der Waals surface area (Å²) >= 11 is 0. The first-order valence-electron chi connectivity index (χ1n) is 11.3. The largest absolute Gasteiger partial charge is 0.496 e. The van der Waals surface area contributed by atoms with Crippen LogP contribution in [0.5, 0.6) is 5.75 Å². The lowest BCUT2D eigenvalue weighted by atomic mass is 9.75. The smallest absolute Gasteiger partial charge is 0.241 e. The van der Waals surface area contributed by atoms with Crippen molar-refractivity contribution in [2.24, 2.45) is 5.92 Å². The van der Waals surface area contributed by atoms with E-state index < -0.39 is 5.41 Å². The van der Waals surface area contributed by atoms with Gasteiger partial charge in [0, 0.05) is 51.3 Å². The number of para-hydroxylation sites is 1. The van der Waals surface area contributed by atoms with Crippen LogP contribution in [0.2, 0.25) is 0 Å². The van der Waals surface area contributed by atoms with E-state index in [2.05, 4.69) is 0 Å². The van der Waals surface area contributed by atoms with Crippen LogP contribution >= 0.6 is 0 Å². The molecule has 0 radical (unpaired) electrons. The van der Waals surface area contributed by atoms with Crippen LogP contribution in [0.25, 0.3) is 0 Å². The summed E-state index contributed by atoms with van der Waals surface area (Å²) in [7, 11) is 3.15. The zero-order valence-electron chi connectivity index (χ0n) is 18.5. The minimum absolute atomic E-state index is 0.00193. The number of benzene rings is 1. The van der Waals surface area contributed by atoms with Crippen molar-refractivity contribution in [3.05, 3.63) is 29.8 Å². The molecule has 0 N–H and O–H groups in total. The summed E-state index contributed by atoms with van der Waals surface area (Å²) in [6.07, 6.45) is 4.97. The van der Waals surface area contributed by atoms with Crippen molar-refractivity contribution >= 4 is 17.7 Å². The minimum Gasteiger partial charge on any atom is -0.496 e. The van der Waals surface area contributed by atoms with Gasteiger partial charge in [0.25, 0.3) is 0 Å². The van der Waals surface area contributed by atoms with E-state index in [0.717, 1.165) is 25.8 Å². The molecule has 1 aromatic carbocycles. The summed E-state index contributed by atoms with van der Waals surface area (Å²) in [4.78, 5) is 43.5. The second-order valence-electron chi connectivity index (χ2n) is 9.07. The number of imide groups is 1. The number of hydrogen-bond acceptors (Lipinski definition) is 5. The third-order valence-corrected chi connectivity index (χ3v) is 7.19. The van der Waals surface area contributed by atoms with Gasteiger partial charge in [0.2, 0.25) is 17.7 Å². The van der Waals surface area contributed by atoms with Crippen molar-refractivity contribution in [3.63, 3.8) is 0 Å². The van der Waals surface area contributed by atoms with Crippen molar-refractivity contribution in [2.75, 3.05) is 33.9 Å². The Bertz CT molecular complexity index is 856. The number of hydrogen-bond donors (Lipinski definition) is 0. The number of likely N-dealkylation sites (tertiary alicyclic amines) is 2. The van der Waals surface area contributed by atoms with E-state index in [9.17, 15) is 14.4 Å². The third-order valence-electron chi connectivity index (χ3n) is 7.19. The fraction of sp³-hybridized carbons (Fsp3) is 0.625. The molecule has 0 aromatic heterocycles. The molecule has 2 aliphatic heterocycles. The first-order valence-corrected chi connectivity index (χ1v) is 11.3. The molecule has 2 saturated heterocycles. The summed E-state index contributed by atoms with van der Waals surface area (Å²) in [6.45, 7) is 1.53. The lowest BCUT2D eigenvalue weighted by molar-refractivity contribution is -0.143. The number of ether oxygens (including phenoxy) is 2. The molecule has 31 heavy (non-hydrogen) atoms. The fourth-order valence-corrected chi connectivity index (χ4v) is 5.68. The average molecular weight is 429 g/mol. The molecule has 168 valence electrons. The van der Waals surface area contributed by atoms with Gasteiger partial charge >= 0.3 is 0 Å². The number of carbonyl (C=O) groups excluding carboxylic acids is 3. The Balaban J connectivity index is 1.66. The highest BCUT2D eigenvalue weighted by Gasteiger charge is 2.55. The number of amides is 3. The summed E-state index contributed by atoms with van der Waals surface area (Å²) in [5.41, 5.74) is -0.592. The lowest BCUT2D eigenvalue weighted by Gasteiger charge is -2.32. The Morgan fingerprint density at radius 2 is 2.00 bits per heavy atom. The highest BCUT2D eigenvalue weighted by atomic mass is 16.5. The third kappa shape index (κ3) is 3.95. The molecule has 7 heteroatoms. The predicted octanol–water partition coefficient (Wildman–Crippen LogP) is 2.52. The Morgan fingerprint density at radius 1 is 1.19 bits per heavy atom. The first kappa shape index (κ1) is 21.8. The SMILES string of the molecule is COCCCN1C(=O)C[C@](CC(=O)N2C[C@@H]3CCC[C@H]2C3)(c2ccccc2OC)C1=O. The van der Waals surface area contributed by atoms with Crippen molar-refractivity contribution in [1.29, 1.82) is 0 Å². The van der Waals surface area contributed by atoms with Gasteiger partial charge < -0.3 is 14.4 Å². The number of carbonyl (C=O) groups is 3. The monoisotopic (exact) mass is 428 g/mol. The molecule has 2 heterocycles. The molecule has 7 nitrogen and oxygen atoms in total. The van der Waals surface area contributed by atoms with E-state index in [1.54, 1.807) is 20.3 Å². The molecular weight excluding hydrogens is 396 g/mol. The van der Waals surface area contributed by atoms with E-state index >= 15 is 0 Å². The van der Waals surface area contributed by atoms with Gasteiger partial charge in [-0.15, -0.1) is 0 Å². The highest BCUT2D eigenvalue weighted by Crippen LogP contribution is 2.45. The standard InChI is InChI=1S/C24H32N2O5/c1-30-12-6-11-25-21(27)14-24(23(25)29,19-9-3-4-10-20(19)31-2)15-22(28)26-16-17-7-5-8-18(26)13-17/h3-4,9-10,17-18H,5-8,11-16H2,1-2H3/t17-,18+,24+/m1/s1. The molecule has 3 aliphatic rings. The number of fused-ring (bicyclic) bond motifs is 2. The molecule has 1 aliphatic carbocycles. The van der Waals surface area contributed by atoms with Crippen molar-refractivity contribution in [3.8, 4) is 5.75 Å². The molecule has 3 atom stereocenters. The van der Waals surface area contributed by atoms with Crippen LogP contribution in [-0.4, -0.2) is 67.5 Å². The van der Waals surface area contributed by atoms with Crippen LogP contribution in [-0.2, 0) is 24.5 Å². The highest BCUT2D eigenvalue weighted by molar-refractivity contribution is 6.11. The molecule has 3 amide bonds. The Labute approximate surface area is 183 Å². The molecule has 0 unspecified atom stereocenters. The van der Waals surface area contributed by atoms with E-state index in [0.29, 0.717) is 36.8 Å². The van der Waals surface area contributed by atoms with Gasteiger partial charge in [0.15, 0.2) is 0 Å². The Hall–Kier alpha value is -2.41. The summed E-state index contributed by atoms with van der Waals surface area (Å²) in [5, 5.41) is 0. The van der Waals surface area contributed by atoms with Gasteiger partial charge in [-0.2, -0.15) is 0 Å². The van der Waals surface area contributed by atoms with Gasteiger partial charge in [-0.05, 0) is 37.7 Å². The van der Waals surface area contributed by atoms with Crippen molar-refractivity contribution < 1.29 is 23.9 Å². The molecule has 1 saturated carbocycles. The van der Waals surface area contributed by atoms with Crippen molar-refractivity contribution in [2.45, 2.75) is 56.4 Å². The quantitative estimate of drug-likeness (QED) is 0.470. The van der Waals surface area contributed by atoms with Crippen LogP contribution in [0.1, 0.15) is 50.5 Å². The average Bonchev–Trinajstić information content (AvgIpc) is 3.20. The van der Waals surface area contributed by atoms with E-state index in [1.807, 2.05) is 23.1 Å². The van der Waals surface area contributed by atoms with E-state index in [4.69, 9.17) is 9.47 Å². The normalized spacial score (nSPS) is 27.8. The van der Waals surface area contributed by atoms with Crippen LogP contribution < -0.4 is 4.74 Å². The van der Waals surface area contributed by atoms with Gasteiger partial charge in [0.05, 0.1) is 12.5 Å². The zero-order valence-corrected chi connectivity index (χ0v) is 18.5. The number of nitrogens with zero attached hydrogens (tertiary/aromatic N) is 2. The maximum absolute atomic E-state index is 13.7. The second-order valence-corrected chi connectivity index (χ2v) is 9.07. The summed E-state index contributed by atoms with van der Waals surface area (Å²) < 4.78 is 10.6. The first-order chi connectivity index (χ1) is 15.0. The second kappa shape index (κ2) is 8.99. The molecule has 3 fully saturated rings. The maximum atomic E-state index is 13.7. The molecule has 0 spiro atoms. The van der Waals surface area contributed by atoms with Crippen LogP contribution in [0.4, 0.5) is 0 Å². The zero-order chi connectivity index (χ0) is 22.0.